The molecule has 1 fully saturated rings. The lowest BCUT2D eigenvalue weighted by Gasteiger charge is -2.29. The number of sulfonamides is 1. The van der Waals surface area contributed by atoms with Crippen LogP contribution in [0.15, 0.2) is 27.6 Å². The first-order valence-electron chi connectivity index (χ1n) is 6.00. The van der Waals surface area contributed by atoms with Gasteiger partial charge in [0.2, 0.25) is 10.0 Å². The topological polar surface area (TPSA) is 74.7 Å². The summed E-state index contributed by atoms with van der Waals surface area (Å²) in [6, 6.07) is 4.38. The molecule has 5 nitrogen and oxygen atoms in total. The second-order valence-electron chi connectivity index (χ2n) is 4.62. The average molecular weight is 383 g/mol. The Balaban J connectivity index is 2.29. The van der Waals surface area contributed by atoms with E-state index in [-0.39, 0.29) is 11.4 Å². The van der Waals surface area contributed by atoms with Gasteiger partial charge in [-0.25, -0.2) is 8.42 Å². The number of rotatable bonds is 3. The first-order chi connectivity index (χ1) is 9.32. The van der Waals surface area contributed by atoms with Gasteiger partial charge in [-0.2, -0.15) is 4.31 Å². The summed E-state index contributed by atoms with van der Waals surface area (Å²) >= 11 is 9.12. The van der Waals surface area contributed by atoms with Crippen molar-refractivity contribution in [3.8, 4) is 0 Å². The van der Waals surface area contributed by atoms with Crippen molar-refractivity contribution in [3.63, 3.8) is 0 Å². The minimum Gasteiger partial charge on any atom is -0.481 e. The first-order valence-corrected chi connectivity index (χ1v) is 8.61. The van der Waals surface area contributed by atoms with Gasteiger partial charge in [0.15, 0.2) is 0 Å². The first kappa shape index (κ1) is 15.8. The van der Waals surface area contributed by atoms with Crippen molar-refractivity contribution in [1.82, 2.24) is 4.31 Å². The Morgan fingerprint density at radius 2 is 2.15 bits per heavy atom. The lowest BCUT2D eigenvalue weighted by Crippen LogP contribution is -2.42. The molecule has 0 radical (unpaired) electrons. The molecule has 1 aromatic rings. The zero-order chi connectivity index (χ0) is 14.9. The molecule has 0 spiro atoms. The van der Waals surface area contributed by atoms with E-state index in [1.54, 1.807) is 6.07 Å². The fourth-order valence-electron chi connectivity index (χ4n) is 2.15. The molecule has 110 valence electrons. The van der Waals surface area contributed by atoms with Crippen LogP contribution in [0.5, 0.6) is 0 Å². The predicted molar refractivity (Wildman–Crippen MR) is 78.3 cm³/mol. The van der Waals surface area contributed by atoms with Gasteiger partial charge in [-0.3, -0.25) is 4.79 Å². The molecule has 0 aliphatic carbocycles. The molecule has 1 aliphatic heterocycles. The summed E-state index contributed by atoms with van der Waals surface area (Å²) in [7, 11) is -3.70. The summed E-state index contributed by atoms with van der Waals surface area (Å²) in [6.45, 7) is 0.338. The summed E-state index contributed by atoms with van der Waals surface area (Å²) in [5.41, 5.74) is 0. The van der Waals surface area contributed by atoms with Crippen LogP contribution in [0.4, 0.5) is 0 Å². The fourth-order valence-corrected chi connectivity index (χ4v) is 4.19. The maximum atomic E-state index is 12.5. The highest BCUT2D eigenvalue weighted by molar-refractivity contribution is 9.10. The molecule has 1 N–H and O–H groups in total. The van der Waals surface area contributed by atoms with Crippen molar-refractivity contribution in [3.05, 3.63) is 27.7 Å². The van der Waals surface area contributed by atoms with E-state index in [0.29, 0.717) is 28.9 Å². The molecule has 0 bridgehead atoms. The van der Waals surface area contributed by atoms with Crippen LogP contribution in [0.3, 0.4) is 0 Å². The van der Waals surface area contributed by atoms with Gasteiger partial charge in [0.25, 0.3) is 0 Å². The molecule has 8 heteroatoms. The van der Waals surface area contributed by atoms with E-state index in [1.807, 2.05) is 0 Å². The number of carboxylic acids is 1. The number of piperidine rings is 1. The van der Waals surface area contributed by atoms with Crippen LogP contribution >= 0.6 is 27.5 Å². The van der Waals surface area contributed by atoms with E-state index in [1.165, 1.54) is 16.4 Å². The van der Waals surface area contributed by atoms with E-state index in [2.05, 4.69) is 15.9 Å². The number of hydrogen-bond donors (Lipinski definition) is 1. The third kappa shape index (κ3) is 3.16. The minimum absolute atomic E-state index is 0.00531. The van der Waals surface area contributed by atoms with Crippen LogP contribution in [0.2, 0.25) is 5.02 Å². The number of carboxylic acid groups (broad SMARTS) is 1. The Bertz CT molecular complexity index is 634. The smallest absolute Gasteiger partial charge is 0.307 e. The molecule has 1 aliphatic rings. The number of aliphatic carboxylic acids is 1. The van der Waals surface area contributed by atoms with Crippen molar-refractivity contribution in [2.45, 2.75) is 17.7 Å². The zero-order valence-electron chi connectivity index (χ0n) is 10.4. The third-order valence-corrected chi connectivity index (χ3v) is 6.36. The molecule has 1 unspecified atom stereocenters. The third-order valence-electron chi connectivity index (χ3n) is 3.26. The van der Waals surface area contributed by atoms with Gasteiger partial charge in [0.05, 0.1) is 15.8 Å². The zero-order valence-corrected chi connectivity index (χ0v) is 13.6. The van der Waals surface area contributed by atoms with E-state index in [9.17, 15) is 13.2 Å². The van der Waals surface area contributed by atoms with Crippen LogP contribution in [0.25, 0.3) is 0 Å². The van der Waals surface area contributed by atoms with Gasteiger partial charge in [0.1, 0.15) is 0 Å². The average Bonchev–Trinajstić information content (AvgIpc) is 2.42. The Labute approximate surface area is 130 Å². The summed E-state index contributed by atoms with van der Waals surface area (Å²) in [4.78, 5) is 11.1. The SMILES string of the molecule is O=C(O)C1CCCN(S(=O)(=O)c2ccc(Br)c(Cl)c2)C1. The van der Waals surface area contributed by atoms with Gasteiger partial charge in [-0.15, -0.1) is 0 Å². The van der Waals surface area contributed by atoms with E-state index >= 15 is 0 Å². The maximum Gasteiger partial charge on any atom is 0.307 e. The summed E-state index contributed by atoms with van der Waals surface area (Å²) < 4.78 is 26.8. The number of hydrogen-bond acceptors (Lipinski definition) is 3. The van der Waals surface area contributed by atoms with Gasteiger partial charge >= 0.3 is 5.97 Å². The normalized spacial score (nSPS) is 20.8. The molecule has 0 saturated carbocycles. The van der Waals surface area contributed by atoms with Gasteiger partial charge in [-0.1, -0.05) is 11.6 Å². The Hall–Kier alpha value is -0.630. The highest BCUT2D eigenvalue weighted by Crippen LogP contribution is 2.29. The standard InChI is InChI=1S/C12H13BrClNO4S/c13-10-4-3-9(6-11(10)14)20(18,19)15-5-1-2-8(7-15)12(16)17/h3-4,6,8H,1-2,5,7H2,(H,16,17). The lowest BCUT2D eigenvalue weighted by atomic mass is 10.0. The van der Waals surface area contributed by atoms with E-state index in [4.69, 9.17) is 16.7 Å². The fraction of sp³-hybridized carbons (Fsp3) is 0.417. The van der Waals surface area contributed by atoms with Gasteiger partial charge in [0, 0.05) is 17.6 Å². The van der Waals surface area contributed by atoms with Crippen LogP contribution in [0.1, 0.15) is 12.8 Å². The molecular weight excluding hydrogens is 370 g/mol. The number of nitrogens with zero attached hydrogens (tertiary/aromatic N) is 1. The van der Waals surface area contributed by atoms with Gasteiger partial charge in [-0.05, 0) is 47.0 Å². The highest BCUT2D eigenvalue weighted by atomic mass is 79.9. The van der Waals surface area contributed by atoms with Crippen molar-refractivity contribution < 1.29 is 18.3 Å². The second kappa shape index (κ2) is 6.01. The molecule has 20 heavy (non-hydrogen) atoms. The molecular formula is C12H13BrClNO4S. The molecule has 0 amide bonds. The quantitative estimate of drug-likeness (QED) is 0.872. The van der Waals surface area contributed by atoms with Crippen molar-refractivity contribution in [2.24, 2.45) is 5.92 Å². The van der Waals surface area contributed by atoms with Crippen molar-refractivity contribution >= 4 is 43.5 Å². The number of halogens is 2. The van der Waals surface area contributed by atoms with Crippen LogP contribution < -0.4 is 0 Å². The largest absolute Gasteiger partial charge is 0.481 e. The van der Waals surface area contributed by atoms with Crippen molar-refractivity contribution in [2.75, 3.05) is 13.1 Å². The minimum atomic E-state index is -3.70. The Kier molecular flexibility index (Phi) is 4.73. The Morgan fingerprint density at radius 3 is 2.75 bits per heavy atom. The lowest BCUT2D eigenvalue weighted by molar-refractivity contribution is -0.142. The number of carbonyl (C=O) groups is 1. The molecule has 2 rings (SSSR count). The predicted octanol–water partition coefficient (Wildman–Crippen LogP) is 2.59. The van der Waals surface area contributed by atoms with E-state index < -0.39 is 21.9 Å². The van der Waals surface area contributed by atoms with Gasteiger partial charge < -0.3 is 5.11 Å². The van der Waals surface area contributed by atoms with Crippen LogP contribution in [-0.2, 0) is 14.8 Å². The van der Waals surface area contributed by atoms with Crippen LogP contribution in [-0.4, -0.2) is 36.9 Å². The molecule has 1 aromatic carbocycles. The molecule has 0 aromatic heterocycles. The van der Waals surface area contributed by atoms with Crippen LogP contribution in [0, 0.1) is 5.92 Å². The highest BCUT2D eigenvalue weighted by Gasteiger charge is 2.33. The number of benzene rings is 1. The maximum absolute atomic E-state index is 12.5. The molecule has 1 saturated heterocycles. The second-order valence-corrected chi connectivity index (χ2v) is 7.82. The molecule has 1 atom stereocenters. The summed E-state index contributed by atoms with van der Waals surface area (Å²) in [6.07, 6.45) is 1.04. The summed E-state index contributed by atoms with van der Waals surface area (Å²) in [5, 5.41) is 9.33. The van der Waals surface area contributed by atoms with Crippen molar-refractivity contribution in [1.29, 1.82) is 0 Å². The van der Waals surface area contributed by atoms with E-state index in [0.717, 1.165) is 0 Å². The monoisotopic (exact) mass is 381 g/mol. The molecule has 1 heterocycles. The summed E-state index contributed by atoms with van der Waals surface area (Å²) in [5.74, 6) is -1.61. The Morgan fingerprint density at radius 1 is 1.45 bits per heavy atom.